The fourth-order valence-electron chi connectivity index (χ4n) is 8.26. The van der Waals surface area contributed by atoms with Crippen molar-refractivity contribution in [2.24, 2.45) is 0 Å². The van der Waals surface area contributed by atoms with Crippen LogP contribution in [0.2, 0.25) is 0 Å². The average molecular weight is 667 g/mol. The molecule has 3 aromatic heterocycles. The highest BCUT2D eigenvalue weighted by molar-refractivity contribution is 7.26. The van der Waals surface area contributed by atoms with E-state index in [2.05, 4.69) is 191 Å². The highest BCUT2D eigenvalue weighted by Gasteiger charge is 2.23. The number of hydrogen-bond acceptors (Lipinski definition) is 2. The van der Waals surface area contributed by atoms with E-state index in [1.54, 1.807) is 0 Å². The smallest absolute Gasteiger partial charge is 0.0782 e. The summed E-state index contributed by atoms with van der Waals surface area (Å²) in [4.78, 5) is 2.43. The van der Waals surface area contributed by atoms with Crippen LogP contribution in [0.3, 0.4) is 0 Å². The summed E-state index contributed by atoms with van der Waals surface area (Å²) in [5.74, 6) is 0. The molecule has 238 valence electrons. The molecule has 0 fully saturated rings. The van der Waals surface area contributed by atoms with Crippen LogP contribution in [0.15, 0.2) is 182 Å². The second kappa shape index (κ2) is 11.0. The standard InChI is InChI=1S/C48H30N2S/c1-2-11-31(12-3-1)32-23-27-34(28-24-32)49(35-29-25-33(26-30-35)36-15-8-19-42-38-14-5-7-22-45(38)51-48(36)42)44-21-10-18-41-40-17-9-16-39-37-13-4-6-20-43(37)50(46(39)40)47(41)44/h1-30H. The topological polar surface area (TPSA) is 7.65 Å². The van der Waals surface area contributed by atoms with Gasteiger partial charge in [0.15, 0.2) is 0 Å². The van der Waals surface area contributed by atoms with Gasteiger partial charge in [-0.25, -0.2) is 0 Å². The number of nitrogens with zero attached hydrogens (tertiary/aromatic N) is 2. The molecule has 0 spiro atoms. The molecule has 0 saturated carbocycles. The Morgan fingerprint density at radius 3 is 1.71 bits per heavy atom. The largest absolute Gasteiger partial charge is 0.308 e. The molecule has 3 heterocycles. The molecule has 0 unspecified atom stereocenters. The molecule has 11 rings (SSSR count). The van der Waals surface area contributed by atoms with Crippen molar-refractivity contribution in [3.05, 3.63) is 182 Å². The second-order valence-electron chi connectivity index (χ2n) is 13.3. The predicted octanol–water partition coefficient (Wildman–Crippen LogP) is 14.0. The summed E-state index contributed by atoms with van der Waals surface area (Å²) >= 11 is 1.88. The quantitative estimate of drug-likeness (QED) is 0.177. The maximum atomic E-state index is 2.49. The molecule has 0 atom stereocenters. The van der Waals surface area contributed by atoms with Crippen LogP contribution in [0.25, 0.3) is 80.5 Å². The zero-order valence-electron chi connectivity index (χ0n) is 27.6. The van der Waals surface area contributed by atoms with E-state index in [0.29, 0.717) is 0 Å². The lowest BCUT2D eigenvalue weighted by atomic mass is 10.0. The molecule has 0 amide bonds. The van der Waals surface area contributed by atoms with E-state index < -0.39 is 0 Å². The minimum absolute atomic E-state index is 1.12. The molecule has 0 N–H and O–H groups in total. The van der Waals surface area contributed by atoms with Gasteiger partial charge in [-0.3, -0.25) is 0 Å². The van der Waals surface area contributed by atoms with E-state index >= 15 is 0 Å². The minimum Gasteiger partial charge on any atom is -0.308 e. The summed E-state index contributed by atoms with van der Waals surface area (Å²) in [6.07, 6.45) is 0. The third-order valence-corrected chi connectivity index (χ3v) is 11.8. The predicted molar refractivity (Wildman–Crippen MR) is 220 cm³/mol. The summed E-state index contributed by atoms with van der Waals surface area (Å²) in [5.41, 5.74) is 12.0. The second-order valence-corrected chi connectivity index (χ2v) is 14.4. The Balaban J connectivity index is 1.13. The van der Waals surface area contributed by atoms with Gasteiger partial charge >= 0.3 is 0 Å². The van der Waals surface area contributed by atoms with Crippen molar-refractivity contribution in [1.82, 2.24) is 4.40 Å². The summed E-state index contributed by atoms with van der Waals surface area (Å²) in [6.45, 7) is 0. The van der Waals surface area contributed by atoms with Gasteiger partial charge in [0.05, 0.1) is 22.2 Å². The summed E-state index contributed by atoms with van der Waals surface area (Å²) < 4.78 is 5.15. The molecular formula is C48H30N2S. The van der Waals surface area contributed by atoms with Gasteiger partial charge in [0.2, 0.25) is 0 Å². The first kappa shape index (κ1) is 28.4. The number of thiophene rings is 1. The number of fused-ring (bicyclic) bond motifs is 9. The first-order valence-corrected chi connectivity index (χ1v) is 18.3. The monoisotopic (exact) mass is 666 g/mol. The number of hydrogen-bond donors (Lipinski definition) is 0. The number of aromatic nitrogens is 1. The van der Waals surface area contributed by atoms with Crippen molar-refractivity contribution in [3.8, 4) is 22.3 Å². The molecule has 0 aliphatic rings. The van der Waals surface area contributed by atoms with Gasteiger partial charge in [-0.2, -0.15) is 0 Å². The van der Waals surface area contributed by atoms with Gasteiger partial charge in [-0.1, -0.05) is 140 Å². The third-order valence-electron chi connectivity index (χ3n) is 10.5. The molecule has 8 aromatic carbocycles. The Hall–Kier alpha value is -6.42. The Bertz CT molecular complexity index is 3060. The fourth-order valence-corrected chi connectivity index (χ4v) is 9.50. The summed E-state index contributed by atoms with van der Waals surface area (Å²) in [6, 6.07) is 66.6. The molecule has 0 aliphatic heterocycles. The SMILES string of the molecule is c1ccc(-c2ccc(N(c3ccc(-c4cccc5c4sc4ccccc45)cc3)c3cccc4c5cccc6c7ccccc7n(c34)c65)cc2)cc1. The van der Waals surface area contributed by atoms with Gasteiger partial charge in [-0.15, -0.1) is 11.3 Å². The molecule has 0 aliphatic carbocycles. The van der Waals surface area contributed by atoms with Crippen molar-refractivity contribution < 1.29 is 0 Å². The zero-order valence-corrected chi connectivity index (χ0v) is 28.4. The number of rotatable bonds is 5. The molecule has 0 radical (unpaired) electrons. The molecule has 11 aromatic rings. The molecular weight excluding hydrogens is 637 g/mol. The van der Waals surface area contributed by atoms with Crippen LogP contribution in [-0.4, -0.2) is 4.40 Å². The highest BCUT2D eigenvalue weighted by atomic mass is 32.1. The lowest BCUT2D eigenvalue weighted by Crippen LogP contribution is -2.11. The van der Waals surface area contributed by atoms with E-state index in [0.717, 1.165) is 17.1 Å². The fraction of sp³-hybridized carbons (Fsp3) is 0. The molecule has 3 heteroatoms. The van der Waals surface area contributed by atoms with E-state index in [-0.39, 0.29) is 0 Å². The summed E-state index contributed by atoms with van der Waals surface area (Å²) in [7, 11) is 0. The van der Waals surface area contributed by atoms with Gasteiger partial charge < -0.3 is 9.30 Å². The van der Waals surface area contributed by atoms with Crippen molar-refractivity contribution >= 4 is 86.7 Å². The normalized spacial score (nSPS) is 11.9. The van der Waals surface area contributed by atoms with E-state index in [1.807, 2.05) is 11.3 Å². The first-order chi connectivity index (χ1) is 25.3. The lowest BCUT2D eigenvalue weighted by Gasteiger charge is -2.27. The minimum atomic E-state index is 1.12. The Kier molecular flexibility index (Phi) is 6.16. The van der Waals surface area contributed by atoms with Gasteiger partial charge in [0.1, 0.15) is 0 Å². The van der Waals surface area contributed by atoms with E-state index in [4.69, 9.17) is 0 Å². The van der Waals surface area contributed by atoms with Crippen LogP contribution in [0.5, 0.6) is 0 Å². The van der Waals surface area contributed by atoms with Crippen LogP contribution in [0, 0.1) is 0 Å². The van der Waals surface area contributed by atoms with E-state index in [9.17, 15) is 0 Å². The Labute approximate surface area is 299 Å². The molecule has 0 bridgehead atoms. The summed E-state index contributed by atoms with van der Waals surface area (Å²) in [5, 5.41) is 7.77. The van der Waals surface area contributed by atoms with Crippen LogP contribution in [0.4, 0.5) is 17.1 Å². The molecule has 0 saturated heterocycles. The van der Waals surface area contributed by atoms with Gasteiger partial charge in [0.25, 0.3) is 0 Å². The zero-order chi connectivity index (χ0) is 33.5. The number of benzene rings is 8. The van der Waals surface area contributed by atoms with Gasteiger partial charge in [0, 0.05) is 53.1 Å². The maximum Gasteiger partial charge on any atom is 0.0782 e. The Morgan fingerprint density at radius 2 is 0.922 bits per heavy atom. The number of anilines is 3. The average Bonchev–Trinajstić information content (AvgIpc) is 3.87. The lowest BCUT2D eigenvalue weighted by molar-refractivity contribution is 1.27. The maximum absolute atomic E-state index is 2.49. The van der Waals surface area contributed by atoms with Crippen LogP contribution in [-0.2, 0) is 0 Å². The van der Waals surface area contributed by atoms with Crippen LogP contribution < -0.4 is 4.90 Å². The van der Waals surface area contributed by atoms with Crippen molar-refractivity contribution in [3.63, 3.8) is 0 Å². The van der Waals surface area contributed by atoms with Crippen molar-refractivity contribution in [2.75, 3.05) is 4.90 Å². The van der Waals surface area contributed by atoms with Crippen molar-refractivity contribution in [2.45, 2.75) is 0 Å². The highest BCUT2D eigenvalue weighted by Crippen LogP contribution is 2.46. The Morgan fingerprint density at radius 1 is 0.373 bits per heavy atom. The molecule has 2 nitrogen and oxygen atoms in total. The van der Waals surface area contributed by atoms with Crippen molar-refractivity contribution in [1.29, 1.82) is 0 Å². The molecule has 51 heavy (non-hydrogen) atoms. The number of para-hydroxylation sites is 3. The van der Waals surface area contributed by atoms with Gasteiger partial charge in [-0.05, 0) is 64.7 Å². The first-order valence-electron chi connectivity index (χ1n) is 17.4. The van der Waals surface area contributed by atoms with Crippen LogP contribution >= 0.6 is 11.3 Å². The van der Waals surface area contributed by atoms with E-state index in [1.165, 1.54) is 80.5 Å². The third kappa shape index (κ3) is 4.22. The van der Waals surface area contributed by atoms with Crippen LogP contribution in [0.1, 0.15) is 0 Å².